The summed E-state index contributed by atoms with van der Waals surface area (Å²) in [6, 6.07) is -3.86. The number of amides is 5. The third kappa shape index (κ3) is 8.33. The third-order valence-electron chi connectivity index (χ3n) is 10.4. The van der Waals surface area contributed by atoms with E-state index in [1.54, 1.807) is 4.90 Å². The molecular formula is C34H53N5O6. The number of ketones is 2. The molecule has 6 atom stereocenters. The lowest BCUT2D eigenvalue weighted by atomic mass is 9.96. The normalized spacial score (nSPS) is 29.4. The monoisotopic (exact) mass is 627 g/mol. The molecule has 11 heteroatoms. The third-order valence-corrected chi connectivity index (χ3v) is 10.4. The van der Waals surface area contributed by atoms with E-state index in [0.717, 1.165) is 51.4 Å². The van der Waals surface area contributed by atoms with Crippen LogP contribution < -0.4 is 21.3 Å². The van der Waals surface area contributed by atoms with Gasteiger partial charge in [0, 0.05) is 19.0 Å². The molecule has 0 bridgehead atoms. The van der Waals surface area contributed by atoms with Crippen LogP contribution in [-0.4, -0.2) is 77.5 Å². The van der Waals surface area contributed by atoms with Crippen LogP contribution in [-0.2, 0) is 24.0 Å². The number of rotatable bonds is 9. The number of urea groups is 1. The maximum atomic E-state index is 14.2. The van der Waals surface area contributed by atoms with E-state index in [-0.39, 0.29) is 47.3 Å². The highest BCUT2D eigenvalue weighted by atomic mass is 16.2. The van der Waals surface area contributed by atoms with Crippen molar-refractivity contribution in [3.05, 3.63) is 12.7 Å². The summed E-state index contributed by atoms with van der Waals surface area (Å²) in [6.07, 6.45) is 10.1. The fourth-order valence-corrected chi connectivity index (χ4v) is 7.32. The largest absolute Gasteiger partial charge is 0.346 e. The quantitative estimate of drug-likeness (QED) is 0.228. The Morgan fingerprint density at radius 2 is 1.60 bits per heavy atom. The van der Waals surface area contributed by atoms with Gasteiger partial charge in [0.2, 0.25) is 17.6 Å². The van der Waals surface area contributed by atoms with Gasteiger partial charge in [0.1, 0.15) is 12.1 Å². The Balaban J connectivity index is 1.55. The predicted molar refractivity (Wildman–Crippen MR) is 170 cm³/mol. The van der Waals surface area contributed by atoms with Crippen LogP contribution >= 0.6 is 0 Å². The van der Waals surface area contributed by atoms with Crippen molar-refractivity contribution >= 4 is 35.3 Å². The van der Waals surface area contributed by atoms with Crippen molar-refractivity contribution in [2.75, 3.05) is 13.1 Å². The first-order valence-electron chi connectivity index (χ1n) is 17.0. The molecule has 0 unspecified atom stereocenters. The summed E-state index contributed by atoms with van der Waals surface area (Å²) >= 11 is 0. The summed E-state index contributed by atoms with van der Waals surface area (Å²) in [4.78, 5) is 81.6. The zero-order valence-corrected chi connectivity index (χ0v) is 27.5. The molecule has 0 aromatic rings. The lowest BCUT2D eigenvalue weighted by molar-refractivity contribution is -0.144. The van der Waals surface area contributed by atoms with Crippen molar-refractivity contribution < 1.29 is 28.8 Å². The van der Waals surface area contributed by atoms with Crippen molar-refractivity contribution in [3.8, 4) is 0 Å². The van der Waals surface area contributed by atoms with Gasteiger partial charge < -0.3 is 26.2 Å². The van der Waals surface area contributed by atoms with Crippen LogP contribution in [0.4, 0.5) is 4.79 Å². The highest BCUT2D eigenvalue weighted by molar-refractivity contribution is 6.38. The van der Waals surface area contributed by atoms with Gasteiger partial charge in [-0.15, -0.1) is 6.58 Å². The summed E-state index contributed by atoms with van der Waals surface area (Å²) in [6.45, 7) is 12.0. The van der Waals surface area contributed by atoms with Gasteiger partial charge >= 0.3 is 6.03 Å². The minimum atomic E-state index is -0.996. The number of nitrogens with one attached hydrogen (secondary N) is 4. The zero-order valence-electron chi connectivity index (χ0n) is 27.5. The van der Waals surface area contributed by atoms with Gasteiger partial charge in [-0.05, 0) is 48.9 Å². The van der Waals surface area contributed by atoms with Crippen LogP contribution in [0.25, 0.3) is 0 Å². The highest BCUT2D eigenvalue weighted by Crippen LogP contribution is 2.65. The Morgan fingerprint density at radius 1 is 0.978 bits per heavy atom. The molecule has 4 N–H and O–H groups in total. The molecule has 4 aliphatic rings. The summed E-state index contributed by atoms with van der Waals surface area (Å²) in [7, 11) is 0. The number of carbonyl (C=O) groups is 6. The second-order valence-electron chi connectivity index (χ2n) is 14.4. The molecule has 0 aromatic heterocycles. The summed E-state index contributed by atoms with van der Waals surface area (Å²) in [5, 5.41) is 11.1. The molecule has 0 radical (unpaired) electrons. The van der Waals surface area contributed by atoms with Crippen LogP contribution in [0.2, 0.25) is 0 Å². The standard InChI is InChI=1S/C34H53N5O6/c1-6-18-35-31(43)29(41)23-14-12-10-8-7-9-11-13-15-24(37-33(45)38-26(20(2)3)28(40)21-16-17-21)32(44)39-19-22-25(34(22,4)5)27(39)30(42)36-23/h6,20-27H,1,7-19H2,2-5H3,(H,35,43)(H,36,42)(H2,37,38,45)/t22-,23-,24-,25-,26-,27-/m0/s1. The Bertz CT molecular complexity index is 1160. The Kier molecular flexibility index (Phi) is 11.5. The minimum Gasteiger partial charge on any atom is -0.346 e. The molecule has 0 aromatic carbocycles. The molecule has 2 heterocycles. The van der Waals surface area contributed by atoms with Gasteiger partial charge in [-0.3, -0.25) is 24.0 Å². The van der Waals surface area contributed by atoms with Gasteiger partial charge in [0.15, 0.2) is 5.78 Å². The van der Waals surface area contributed by atoms with Crippen molar-refractivity contribution in [2.45, 2.75) is 122 Å². The van der Waals surface area contributed by atoms with Gasteiger partial charge in [-0.2, -0.15) is 0 Å². The molecular weight excluding hydrogens is 574 g/mol. The number of fused-ring (bicyclic) bond motifs is 3. The van der Waals surface area contributed by atoms with Crippen molar-refractivity contribution in [2.24, 2.45) is 29.1 Å². The molecule has 4 rings (SSSR count). The molecule has 2 saturated carbocycles. The molecule has 2 saturated heterocycles. The average Bonchev–Trinajstić information content (AvgIpc) is 3.88. The highest BCUT2D eigenvalue weighted by Gasteiger charge is 2.69. The van der Waals surface area contributed by atoms with Gasteiger partial charge in [-0.25, -0.2) is 4.79 Å². The second-order valence-corrected chi connectivity index (χ2v) is 14.4. The molecule has 2 aliphatic heterocycles. The lowest BCUT2D eigenvalue weighted by Crippen LogP contribution is -2.59. The number of hydrogen-bond acceptors (Lipinski definition) is 6. The van der Waals surface area contributed by atoms with E-state index < -0.39 is 47.8 Å². The van der Waals surface area contributed by atoms with Crippen molar-refractivity contribution in [3.63, 3.8) is 0 Å². The van der Waals surface area contributed by atoms with Crippen molar-refractivity contribution in [1.82, 2.24) is 26.2 Å². The topological polar surface area (TPSA) is 154 Å². The Morgan fingerprint density at radius 3 is 2.20 bits per heavy atom. The molecule has 11 nitrogen and oxygen atoms in total. The first-order chi connectivity index (χ1) is 21.4. The number of piperidine rings is 1. The summed E-state index contributed by atoms with van der Waals surface area (Å²) in [5.74, 6) is -2.30. The van der Waals surface area contributed by atoms with E-state index in [2.05, 4.69) is 41.7 Å². The maximum absolute atomic E-state index is 14.2. The van der Waals surface area contributed by atoms with E-state index in [4.69, 9.17) is 0 Å². The predicted octanol–water partition coefficient (Wildman–Crippen LogP) is 3.02. The number of carbonyl (C=O) groups excluding carboxylic acids is 6. The number of nitrogens with zero attached hydrogens (tertiary/aromatic N) is 1. The van der Waals surface area contributed by atoms with Crippen LogP contribution in [0.15, 0.2) is 12.7 Å². The number of hydrogen-bond donors (Lipinski definition) is 4. The minimum absolute atomic E-state index is 0.00955. The van der Waals surface area contributed by atoms with E-state index in [1.165, 1.54) is 6.08 Å². The first-order valence-corrected chi connectivity index (χ1v) is 17.0. The second kappa shape index (κ2) is 14.9. The Hall–Kier alpha value is -3.24. The smallest absolute Gasteiger partial charge is 0.316 e. The van der Waals surface area contributed by atoms with Gasteiger partial charge in [0.25, 0.3) is 5.91 Å². The molecule has 2 aliphatic carbocycles. The average molecular weight is 628 g/mol. The van der Waals surface area contributed by atoms with Gasteiger partial charge in [-0.1, -0.05) is 78.7 Å². The van der Waals surface area contributed by atoms with E-state index in [9.17, 15) is 28.8 Å². The van der Waals surface area contributed by atoms with Gasteiger partial charge in [0.05, 0.1) is 12.1 Å². The Labute approximate surface area is 267 Å². The fraction of sp³-hybridized carbons (Fsp3) is 0.765. The maximum Gasteiger partial charge on any atom is 0.316 e. The summed E-state index contributed by atoms with van der Waals surface area (Å²) in [5.41, 5.74) is -0.158. The van der Waals surface area contributed by atoms with Crippen LogP contribution in [0.5, 0.6) is 0 Å². The van der Waals surface area contributed by atoms with E-state index >= 15 is 0 Å². The zero-order chi connectivity index (χ0) is 32.9. The van der Waals surface area contributed by atoms with Crippen LogP contribution in [0.1, 0.15) is 98.3 Å². The molecule has 0 spiro atoms. The summed E-state index contributed by atoms with van der Waals surface area (Å²) < 4.78 is 0. The molecule has 5 amide bonds. The van der Waals surface area contributed by atoms with Crippen LogP contribution in [0.3, 0.4) is 0 Å². The number of Topliss-reactive ketones (excluding diaryl/α,β-unsaturated/α-hetero) is 2. The first kappa shape index (κ1) is 34.6. The van der Waals surface area contributed by atoms with E-state index in [1.807, 2.05) is 13.8 Å². The SMILES string of the molecule is C=CCNC(=O)C(=O)[C@@H]1CCCCCCCCC[C@H](NC(=O)N[C@H](C(=O)C2CC2)C(C)C)C(=O)N2C[C@H]3[C@@H]([C@H]2C(=O)N1)C3(C)C. The molecule has 45 heavy (non-hydrogen) atoms. The molecule has 250 valence electrons. The fourth-order valence-electron chi connectivity index (χ4n) is 7.32. The van der Waals surface area contributed by atoms with Crippen molar-refractivity contribution in [1.29, 1.82) is 0 Å². The van der Waals surface area contributed by atoms with Crippen LogP contribution in [0, 0.1) is 29.1 Å². The van der Waals surface area contributed by atoms with E-state index in [0.29, 0.717) is 25.8 Å². The molecule has 4 fully saturated rings. The lowest BCUT2D eigenvalue weighted by Gasteiger charge is -2.34.